The molecule has 1 saturated carbocycles. The van der Waals surface area contributed by atoms with Gasteiger partial charge in [-0.1, -0.05) is 6.07 Å². The van der Waals surface area contributed by atoms with Gasteiger partial charge in [0, 0.05) is 30.5 Å². The second kappa shape index (κ2) is 5.63. The minimum atomic E-state index is 0.0861. The zero-order chi connectivity index (χ0) is 15.0. The number of hydrogen-bond donors (Lipinski definition) is 0. The Hall–Kier alpha value is -1.64. The molecule has 1 aliphatic heterocycles. The van der Waals surface area contributed by atoms with Gasteiger partial charge in [0.15, 0.2) is 0 Å². The Bertz CT molecular complexity index is 579. The number of Topliss-reactive ketones (excluding diaryl/α,β-unsaturated/α-hetero) is 1. The van der Waals surface area contributed by atoms with Gasteiger partial charge in [0.2, 0.25) is 0 Å². The van der Waals surface area contributed by atoms with Gasteiger partial charge in [0.05, 0.1) is 0 Å². The highest BCUT2D eigenvalue weighted by Gasteiger charge is 2.40. The zero-order valence-electron chi connectivity index (χ0n) is 12.9. The van der Waals surface area contributed by atoms with E-state index in [1.807, 2.05) is 30.0 Å². The third-order valence-electron chi connectivity index (χ3n) is 5.13. The van der Waals surface area contributed by atoms with E-state index in [-0.39, 0.29) is 17.9 Å². The normalized spacial score (nSPS) is 25.6. The van der Waals surface area contributed by atoms with Crippen LogP contribution in [0.4, 0.5) is 0 Å². The molecule has 112 valence electrons. The number of rotatable bonds is 2. The van der Waals surface area contributed by atoms with Gasteiger partial charge in [-0.25, -0.2) is 0 Å². The van der Waals surface area contributed by atoms with E-state index >= 15 is 0 Å². The van der Waals surface area contributed by atoms with Crippen LogP contribution in [0.1, 0.15) is 53.6 Å². The van der Waals surface area contributed by atoms with Gasteiger partial charge in [0.1, 0.15) is 5.78 Å². The first-order valence-corrected chi connectivity index (χ1v) is 7.99. The third-order valence-corrected chi connectivity index (χ3v) is 5.13. The van der Waals surface area contributed by atoms with Crippen LogP contribution in [0, 0.1) is 19.8 Å². The van der Waals surface area contributed by atoms with Crippen LogP contribution in [0.15, 0.2) is 18.2 Å². The highest BCUT2D eigenvalue weighted by molar-refractivity contribution is 5.95. The van der Waals surface area contributed by atoms with E-state index in [1.165, 1.54) is 5.56 Å². The van der Waals surface area contributed by atoms with Crippen LogP contribution < -0.4 is 0 Å². The first kappa shape index (κ1) is 14.3. The molecule has 0 spiro atoms. The lowest BCUT2D eigenvalue weighted by atomic mass is 9.94. The van der Waals surface area contributed by atoms with Crippen molar-refractivity contribution < 1.29 is 9.59 Å². The summed E-state index contributed by atoms with van der Waals surface area (Å²) in [4.78, 5) is 26.8. The molecule has 0 bridgehead atoms. The van der Waals surface area contributed by atoms with Crippen molar-refractivity contribution in [3.63, 3.8) is 0 Å². The number of carbonyl (C=O) groups excluding carboxylic acids is 2. The molecule has 2 fully saturated rings. The summed E-state index contributed by atoms with van der Waals surface area (Å²) in [5.41, 5.74) is 3.11. The summed E-state index contributed by atoms with van der Waals surface area (Å²) in [6.45, 7) is 4.88. The third kappa shape index (κ3) is 2.61. The molecule has 1 heterocycles. The van der Waals surface area contributed by atoms with Crippen molar-refractivity contribution in [2.75, 3.05) is 6.54 Å². The van der Waals surface area contributed by atoms with Crippen molar-refractivity contribution in [1.29, 1.82) is 0 Å². The molecule has 21 heavy (non-hydrogen) atoms. The second-order valence-corrected chi connectivity index (χ2v) is 6.47. The highest BCUT2D eigenvalue weighted by Crippen LogP contribution is 2.34. The molecule has 2 unspecified atom stereocenters. The average Bonchev–Trinajstić information content (AvgIpc) is 3.09. The van der Waals surface area contributed by atoms with E-state index in [0.29, 0.717) is 12.2 Å². The Morgan fingerprint density at radius 2 is 1.95 bits per heavy atom. The minimum absolute atomic E-state index is 0.0861. The minimum Gasteiger partial charge on any atom is -0.335 e. The van der Waals surface area contributed by atoms with Crippen molar-refractivity contribution in [3.8, 4) is 0 Å². The molecule has 1 aliphatic carbocycles. The van der Waals surface area contributed by atoms with Crippen molar-refractivity contribution in [2.24, 2.45) is 5.92 Å². The summed E-state index contributed by atoms with van der Waals surface area (Å²) in [6.07, 6.45) is 4.65. The lowest BCUT2D eigenvalue weighted by Gasteiger charge is -2.29. The van der Waals surface area contributed by atoms with Gasteiger partial charge >= 0.3 is 0 Å². The van der Waals surface area contributed by atoms with E-state index in [1.54, 1.807) is 0 Å². The standard InChI is InChI=1S/C18H23NO2/c1-12-8-9-14(11-13(12)2)18(21)19-10-4-6-16(19)15-5-3-7-17(15)20/h8-9,11,15-16H,3-7,10H2,1-2H3. The molecule has 1 aromatic carbocycles. The summed E-state index contributed by atoms with van der Waals surface area (Å²) < 4.78 is 0. The van der Waals surface area contributed by atoms with Crippen LogP contribution in [0.5, 0.6) is 0 Å². The molecular weight excluding hydrogens is 262 g/mol. The molecule has 0 N–H and O–H groups in total. The number of ketones is 1. The largest absolute Gasteiger partial charge is 0.335 e. The molecule has 3 rings (SSSR count). The van der Waals surface area contributed by atoms with E-state index in [0.717, 1.165) is 43.4 Å². The molecule has 1 amide bonds. The monoisotopic (exact) mass is 285 g/mol. The van der Waals surface area contributed by atoms with Crippen molar-refractivity contribution >= 4 is 11.7 Å². The summed E-state index contributed by atoms with van der Waals surface area (Å²) >= 11 is 0. The molecule has 3 heteroatoms. The molecule has 2 atom stereocenters. The molecule has 1 saturated heterocycles. The quantitative estimate of drug-likeness (QED) is 0.836. The fourth-order valence-electron chi connectivity index (χ4n) is 3.75. The summed E-state index contributed by atoms with van der Waals surface area (Å²) in [5, 5.41) is 0. The number of amides is 1. The maximum absolute atomic E-state index is 12.8. The smallest absolute Gasteiger partial charge is 0.254 e. The van der Waals surface area contributed by atoms with E-state index in [4.69, 9.17) is 0 Å². The molecule has 3 nitrogen and oxygen atoms in total. The van der Waals surface area contributed by atoms with E-state index in [2.05, 4.69) is 6.92 Å². The number of nitrogens with zero attached hydrogens (tertiary/aromatic N) is 1. The summed E-state index contributed by atoms with van der Waals surface area (Å²) in [7, 11) is 0. The first-order chi connectivity index (χ1) is 10.1. The predicted molar refractivity (Wildman–Crippen MR) is 82.3 cm³/mol. The van der Waals surface area contributed by atoms with Crippen molar-refractivity contribution in [2.45, 2.75) is 52.0 Å². The number of carbonyl (C=O) groups is 2. The molecular formula is C18H23NO2. The topological polar surface area (TPSA) is 37.4 Å². The zero-order valence-corrected chi connectivity index (χ0v) is 12.9. The van der Waals surface area contributed by atoms with Crippen LogP contribution in [0.3, 0.4) is 0 Å². The highest BCUT2D eigenvalue weighted by atomic mass is 16.2. The van der Waals surface area contributed by atoms with Gasteiger partial charge in [-0.05, 0) is 62.8 Å². The fraction of sp³-hybridized carbons (Fsp3) is 0.556. The molecule has 0 aromatic heterocycles. The average molecular weight is 285 g/mol. The lowest BCUT2D eigenvalue weighted by molar-refractivity contribution is -0.121. The molecule has 2 aliphatic rings. The summed E-state index contributed by atoms with van der Waals surface area (Å²) in [5.74, 6) is 0.545. The van der Waals surface area contributed by atoms with Crippen LogP contribution in [-0.2, 0) is 4.79 Å². The number of likely N-dealkylation sites (tertiary alicyclic amines) is 1. The van der Waals surface area contributed by atoms with Crippen molar-refractivity contribution in [3.05, 3.63) is 34.9 Å². The summed E-state index contributed by atoms with van der Waals surface area (Å²) in [6, 6.07) is 6.03. The second-order valence-electron chi connectivity index (χ2n) is 6.47. The van der Waals surface area contributed by atoms with Crippen LogP contribution in [-0.4, -0.2) is 29.2 Å². The Morgan fingerprint density at radius 1 is 1.14 bits per heavy atom. The Balaban J connectivity index is 1.82. The van der Waals surface area contributed by atoms with Gasteiger partial charge in [0.25, 0.3) is 5.91 Å². The number of hydrogen-bond acceptors (Lipinski definition) is 2. The predicted octanol–water partition coefficient (Wildman–Crippen LogP) is 3.28. The molecule has 0 radical (unpaired) electrons. The van der Waals surface area contributed by atoms with E-state index < -0.39 is 0 Å². The van der Waals surface area contributed by atoms with Crippen LogP contribution in [0.2, 0.25) is 0 Å². The fourth-order valence-corrected chi connectivity index (χ4v) is 3.75. The van der Waals surface area contributed by atoms with Crippen LogP contribution in [0.25, 0.3) is 0 Å². The van der Waals surface area contributed by atoms with Crippen molar-refractivity contribution in [1.82, 2.24) is 4.90 Å². The first-order valence-electron chi connectivity index (χ1n) is 7.99. The maximum Gasteiger partial charge on any atom is 0.254 e. The van der Waals surface area contributed by atoms with Gasteiger partial charge in [-0.15, -0.1) is 0 Å². The van der Waals surface area contributed by atoms with Gasteiger partial charge in [-0.2, -0.15) is 0 Å². The molecule has 1 aromatic rings. The lowest BCUT2D eigenvalue weighted by Crippen LogP contribution is -2.41. The van der Waals surface area contributed by atoms with E-state index in [9.17, 15) is 9.59 Å². The Kier molecular flexibility index (Phi) is 3.83. The Labute approximate surface area is 126 Å². The Morgan fingerprint density at radius 3 is 2.62 bits per heavy atom. The maximum atomic E-state index is 12.8. The number of benzene rings is 1. The van der Waals surface area contributed by atoms with Gasteiger partial charge < -0.3 is 4.90 Å². The van der Waals surface area contributed by atoms with Gasteiger partial charge in [-0.3, -0.25) is 9.59 Å². The van der Waals surface area contributed by atoms with Crippen LogP contribution >= 0.6 is 0 Å². The number of aryl methyl sites for hydroxylation is 2. The SMILES string of the molecule is Cc1ccc(C(=O)N2CCCC2C2CCCC2=O)cc1C.